The van der Waals surface area contributed by atoms with E-state index in [-0.39, 0.29) is 0 Å². The first-order chi connectivity index (χ1) is 7.24. The van der Waals surface area contributed by atoms with Crippen molar-refractivity contribution in [2.24, 2.45) is 0 Å². The molecule has 0 radical (unpaired) electrons. The van der Waals surface area contributed by atoms with E-state index in [2.05, 4.69) is 16.5 Å². The van der Waals surface area contributed by atoms with E-state index in [1.807, 2.05) is 6.07 Å². The fraction of sp³-hybridized carbons (Fsp3) is 0.0909. The van der Waals surface area contributed by atoms with Gasteiger partial charge in [0.2, 0.25) is 0 Å². The van der Waals surface area contributed by atoms with Crippen LogP contribution in [0.4, 0.5) is 0 Å². The average Bonchev–Trinajstić information content (AvgIpc) is 2.58. The monoisotopic (exact) mass is 217 g/mol. The number of aromatic amines is 1. The molecule has 2 rings (SSSR count). The van der Waals surface area contributed by atoms with Crippen LogP contribution in [-0.2, 0) is 6.42 Å². The van der Waals surface area contributed by atoms with Gasteiger partial charge in [-0.1, -0.05) is 17.7 Å². The molecule has 0 bridgehead atoms. The molecule has 0 amide bonds. The number of H-pyrrole nitrogens is 1. The third-order valence-electron chi connectivity index (χ3n) is 2.08. The van der Waals surface area contributed by atoms with Gasteiger partial charge in [-0.25, -0.2) is 4.98 Å². The topological polar surface area (TPSA) is 52.5 Å². The van der Waals surface area contributed by atoms with Gasteiger partial charge in [-0.15, -0.1) is 6.58 Å². The first-order valence-electron chi connectivity index (χ1n) is 4.43. The van der Waals surface area contributed by atoms with E-state index in [1.165, 1.54) is 0 Å². The summed E-state index contributed by atoms with van der Waals surface area (Å²) in [6.07, 6.45) is 2.44. The maximum Gasteiger partial charge on any atom is 0.111 e. The van der Waals surface area contributed by atoms with Crippen molar-refractivity contribution in [3.8, 4) is 6.07 Å². The van der Waals surface area contributed by atoms with Gasteiger partial charge in [0.15, 0.2) is 0 Å². The van der Waals surface area contributed by atoms with Crippen LogP contribution in [0.25, 0.3) is 11.0 Å². The van der Waals surface area contributed by atoms with E-state index in [0.29, 0.717) is 17.0 Å². The zero-order chi connectivity index (χ0) is 10.8. The van der Waals surface area contributed by atoms with Crippen molar-refractivity contribution in [3.05, 3.63) is 41.2 Å². The molecule has 15 heavy (non-hydrogen) atoms. The Morgan fingerprint density at radius 1 is 1.60 bits per heavy atom. The number of halogens is 1. The SMILES string of the molecule is C=CCc1nc2cc(C#N)c(Cl)cc2[nH]1. The Kier molecular flexibility index (Phi) is 2.44. The second-order valence-electron chi connectivity index (χ2n) is 3.14. The molecule has 0 spiro atoms. The molecule has 1 aromatic carbocycles. The Morgan fingerprint density at radius 2 is 2.40 bits per heavy atom. The zero-order valence-corrected chi connectivity index (χ0v) is 8.67. The lowest BCUT2D eigenvalue weighted by molar-refractivity contribution is 1.07. The molecule has 1 N–H and O–H groups in total. The molecule has 0 saturated carbocycles. The van der Waals surface area contributed by atoms with Gasteiger partial charge in [0, 0.05) is 6.42 Å². The number of nitriles is 1. The van der Waals surface area contributed by atoms with Crippen molar-refractivity contribution in [2.45, 2.75) is 6.42 Å². The van der Waals surface area contributed by atoms with Crippen molar-refractivity contribution < 1.29 is 0 Å². The Balaban J connectivity index is 2.62. The molecular formula is C11H8ClN3. The fourth-order valence-corrected chi connectivity index (χ4v) is 1.61. The lowest BCUT2D eigenvalue weighted by Gasteiger charge is -1.92. The number of nitrogens with one attached hydrogen (secondary N) is 1. The minimum Gasteiger partial charge on any atom is -0.342 e. The largest absolute Gasteiger partial charge is 0.342 e. The van der Waals surface area contributed by atoms with Crippen LogP contribution in [0.15, 0.2) is 24.8 Å². The molecule has 74 valence electrons. The van der Waals surface area contributed by atoms with E-state index in [4.69, 9.17) is 16.9 Å². The number of hydrogen-bond acceptors (Lipinski definition) is 2. The lowest BCUT2D eigenvalue weighted by atomic mass is 10.2. The average molecular weight is 218 g/mol. The molecule has 0 atom stereocenters. The maximum atomic E-state index is 8.80. The van der Waals surface area contributed by atoms with Crippen LogP contribution >= 0.6 is 11.6 Å². The molecule has 0 fully saturated rings. The Morgan fingerprint density at radius 3 is 3.07 bits per heavy atom. The van der Waals surface area contributed by atoms with Gasteiger partial charge in [-0.3, -0.25) is 0 Å². The van der Waals surface area contributed by atoms with Gasteiger partial charge >= 0.3 is 0 Å². The van der Waals surface area contributed by atoms with Crippen LogP contribution < -0.4 is 0 Å². The van der Waals surface area contributed by atoms with Crippen LogP contribution in [0.5, 0.6) is 0 Å². The summed E-state index contributed by atoms with van der Waals surface area (Å²) in [5, 5.41) is 9.24. The van der Waals surface area contributed by atoms with E-state index in [1.54, 1.807) is 18.2 Å². The summed E-state index contributed by atoms with van der Waals surface area (Å²) in [6.45, 7) is 3.64. The van der Waals surface area contributed by atoms with E-state index in [0.717, 1.165) is 16.9 Å². The van der Waals surface area contributed by atoms with E-state index >= 15 is 0 Å². The maximum absolute atomic E-state index is 8.80. The van der Waals surface area contributed by atoms with Gasteiger partial charge in [-0.2, -0.15) is 5.26 Å². The van der Waals surface area contributed by atoms with Gasteiger partial charge in [0.25, 0.3) is 0 Å². The number of aromatic nitrogens is 2. The standard InChI is InChI=1S/C11H8ClN3/c1-2-3-11-14-9-4-7(6-13)8(12)5-10(9)15-11/h2,4-5H,1,3H2,(H,14,15). The van der Waals surface area contributed by atoms with E-state index < -0.39 is 0 Å². The molecule has 2 aromatic rings. The number of benzene rings is 1. The normalized spacial score (nSPS) is 10.1. The molecule has 3 nitrogen and oxygen atoms in total. The van der Waals surface area contributed by atoms with Gasteiger partial charge in [-0.05, 0) is 12.1 Å². The number of nitrogens with zero attached hydrogens (tertiary/aromatic N) is 2. The summed E-state index contributed by atoms with van der Waals surface area (Å²) >= 11 is 5.90. The molecule has 0 unspecified atom stereocenters. The fourth-order valence-electron chi connectivity index (χ4n) is 1.40. The summed E-state index contributed by atoms with van der Waals surface area (Å²) in [4.78, 5) is 7.43. The summed E-state index contributed by atoms with van der Waals surface area (Å²) in [6, 6.07) is 5.42. The highest BCUT2D eigenvalue weighted by molar-refractivity contribution is 6.32. The molecule has 1 heterocycles. The first kappa shape index (κ1) is 9.75. The molecule has 1 aromatic heterocycles. The predicted octanol–water partition coefficient (Wildman–Crippen LogP) is 2.82. The smallest absolute Gasteiger partial charge is 0.111 e. The number of rotatable bonds is 2. The van der Waals surface area contributed by atoms with Crippen molar-refractivity contribution in [2.75, 3.05) is 0 Å². The van der Waals surface area contributed by atoms with Crippen LogP contribution in [-0.4, -0.2) is 9.97 Å². The Hall–Kier alpha value is -1.79. The van der Waals surface area contributed by atoms with Crippen molar-refractivity contribution in [3.63, 3.8) is 0 Å². The summed E-state index contributed by atoms with van der Waals surface area (Å²) < 4.78 is 0. The summed E-state index contributed by atoms with van der Waals surface area (Å²) in [7, 11) is 0. The lowest BCUT2D eigenvalue weighted by Crippen LogP contribution is -1.81. The van der Waals surface area contributed by atoms with Gasteiger partial charge in [0.1, 0.15) is 11.9 Å². The third kappa shape index (κ3) is 1.72. The van der Waals surface area contributed by atoms with Crippen molar-refractivity contribution in [1.82, 2.24) is 9.97 Å². The second-order valence-corrected chi connectivity index (χ2v) is 3.54. The Bertz CT molecular complexity index is 563. The minimum atomic E-state index is 0.443. The molecule has 0 aliphatic heterocycles. The molecule has 0 aliphatic carbocycles. The summed E-state index contributed by atoms with van der Waals surface area (Å²) in [5.41, 5.74) is 2.05. The molecule has 0 aliphatic rings. The number of imidazole rings is 1. The van der Waals surface area contributed by atoms with Crippen LogP contribution in [0, 0.1) is 11.3 Å². The number of fused-ring (bicyclic) bond motifs is 1. The first-order valence-corrected chi connectivity index (χ1v) is 4.81. The van der Waals surface area contributed by atoms with Crippen LogP contribution in [0.1, 0.15) is 11.4 Å². The quantitative estimate of drug-likeness (QED) is 0.787. The van der Waals surface area contributed by atoms with Gasteiger partial charge in [0.05, 0.1) is 21.6 Å². The minimum absolute atomic E-state index is 0.443. The summed E-state index contributed by atoms with van der Waals surface area (Å²) in [5.74, 6) is 0.825. The molecular weight excluding hydrogens is 210 g/mol. The van der Waals surface area contributed by atoms with Gasteiger partial charge < -0.3 is 4.98 Å². The highest BCUT2D eigenvalue weighted by Crippen LogP contribution is 2.22. The van der Waals surface area contributed by atoms with Crippen LogP contribution in [0.3, 0.4) is 0 Å². The molecule has 4 heteroatoms. The highest BCUT2D eigenvalue weighted by atomic mass is 35.5. The predicted molar refractivity (Wildman–Crippen MR) is 59.7 cm³/mol. The zero-order valence-electron chi connectivity index (χ0n) is 7.92. The van der Waals surface area contributed by atoms with E-state index in [9.17, 15) is 0 Å². The van der Waals surface area contributed by atoms with Crippen LogP contribution in [0.2, 0.25) is 5.02 Å². The Labute approximate surface area is 92.0 Å². The third-order valence-corrected chi connectivity index (χ3v) is 2.39. The van der Waals surface area contributed by atoms with Crippen molar-refractivity contribution >= 4 is 22.6 Å². The number of hydrogen-bond donors (Lipinski definition) is 1. The van der Waals surface area contributed by atoms with Crippen molar-refractivity contribution in [1.29, 1.82) is 5.26 Å². The second kappa shape index (κ2) is 3.76. The number of allylic oxidation sites excluding steroid dienone is 1. The molecule has 0 saturated heterocycles. The highest BCUT2D eigenvalue weighted by Gasteiger charge is 2.06.